The van der Waals surface area contributed by atoms with E-state index in [9.17, 15) is 0 Å². The maximum Gasteiger partial charge on any atom is 0.151 e. The first-order chi connectivity index (χ1) is 5.33. The van der Waals surface area contributed by atoms with Crippen LogP contribution in [0.15, 0.2) is 12.1 Å². The van der Waals surface area contributed by atoms with Crippen LogP contribution in [0.3, 0.4) is 0 Å². The molecule has 0 saturated heterocycles. The molecule has 1 aromatic heterocycles. The van der Waals surface area contributed by atoms with Gasteiger partial charge in [-0.2, -0.15) is 0 Å². The maximum absolute atomic E-state index is 8.45. The van der Waals surface area contributed by atoms with E-state index < -0.39 is 0 Å². The summed E-state index contributed by atoms with van der Waals surface area (Å²) in [5.74, 6) is 0.614. The first kappa shape index (κ1) is 8.23. The van der Waals surface area contributed by atoms with E-state index in [4.69, 9.17) is 16.7 Å². The number of nitrogens with zero attached hydrogens (tertiary/aromatic N) is 2. The Labute approximate surface area is 69.2 Å². The molecule has 5 heteroatoms. The van der Waals surface area contributed by atoms with Crippen LogP contribution >= 0.6 is 11.6 Å². The fraction of sp³-hybridized carbons (Fsp3) is 0.333. The zero-order chi connectivity index (χ0) is 8.10. The van der Waals surface area contributed by atoms with Crippen molar-refractivity contribution in [3.8, 4) is 0 Å². The highest BCUT2D eigenvalue weighted by Gasteiger charge is 1.92. The van der Waals surface area contributed by atoms with Crippen LogP contribution < -0.4 is 5.32 Å². The summed E-state index contributed by atoms with van der Waals surface area (Å²) < 4.78 is 0. The summed E-state index contributed by atoms with van der Waals surface area (Å²) in [7, 11) is 0. The Hall–Kier alpha value is -0.870. The molecule has 11 heavy (non-hydrogen) atoms. The minimum Gasteiger partial charge on any atom is -0.395 e. The molecule has 0 spiro atoms. The number of aliphatic hydroxyl groups excluding tert-OH is 1. The predicted octanol–water partition coefficient (Wildman–Crippen LogP) is 0.534. The van der Waals surface area contributed by atoms with Gasteiger partial charge in [0.15, 0.2) is 5.15 Å². The number of aromatic nitrogens is 2. The van der Waals surface area contributed by atoms with Crippen LogP contribution in [0.2, 0.25) is 5.15 Å². The van der Waals surface area contributed by atoms with E-state index in [1.165, 1.54) is 0 Å². The summed E-state index contributed by atoms with van der Waals surface area (Å²) >= 11 is 5.49. The molecule has 0 aliphatic carbocycles. The van der Waals surface area contributed by atoms with Crippen LogP contribution in [0, 0.1) is 0 Å². The minimum atomic E-state index is 0.0737. The Morgan fingerprint density at radius 2 is 2.27 bits per heavy atom. The van der Waals surface area contributed by atoms with Crippen molar-refractivity contribution in [3.05, 3.63) is 17.3 Å². The lowest BCUT2D eigenvalue weighted by atomic mass is 10.5. The summed E-state index contributed by atoms with van der Waals surface area (Å²) in [4.78, 5) is 0. The van der Waals surface area contributed by atoms with Crippen LogP contribution in [0.4, 0.5) is 5.82 Å². The van der Waals surface area contributed by atoms with Crippen molar-refractivity contribution in [1.82, 2.24) is 10.2 Å². The normalized spacial score (nSPS) is 9.64. The molecule has 0 saturated carbocycles. The summed E-state index contributed by atoms with van der Waals surface area (Å²) in [6.07, 6.45) is 0. The predicted molar refractivity (Wildman–Crippen MR) is 42.6 cm³/mol. The lowest BCUT2D eigenvalue weighted by Gasteiger charge is -2.00. The van der Waals surface area contributed by atoms with Crippen LogP contribution in [0.25, 0.3) is 0 Å². The molecule has 0 atom stereocenters. The van der Waals surface area contributed by atoms with Crippen molar-refractivity contribution in [3.63, 3.8) is 0 Å². The van der Waals surface area contributed by atoms with Gasteiger partial charge >= 0.3 is 0 Å². The van der Waals surface area contributed by atoms with Gasteiger partial charge in [-0.15, -0.1) is 10.2 Å². The number of nitrogens with one attached hydrogen (secondary N) is 1. The third kappa shape index (κ3) is 2.69. The number of rotatable bonds is 3. The van der Waals surface area contributed by atoms with E-state index in [1.54, 1.807) is 12.1 Å². The Balaban J connectivity index is 2.52. The van der Waals surface area contributed by atoms with Crippen molar-refractivity contribution in [1.29, 1.82) is 0 Å². The van der Waals surface area contributed by atoms with Gasteiger partial charge in [-0.05, 0) is 12.1 Å². The van der Waals surface area contributed by atoms with E-state index in [0.717, 1.165) is 0 Å². The van der Waals surface area contributed by atoms with Gasteiger partial charge in [-0.25, -0.2) is 0 Å². The van der Waals surface area contributed by atoms with Gasteiger partial charge in [-0.1, -0.05) is 11.6 Å². The highest BCUT2D eigenvalue weighted by molar-refractivity contribution is 6.29. The van der Waals surface area contributed by atoms with Crippen molar-refractivity contribution < 1.29 is 5.11 Å². The second kappa shape index (κ2) is 4.10. The lowest BCUT2D eigenvalue weighted by molar-refractivity contribution is 0.311. The molecule has 0 radical (unpaired) electrons. The lowest BCUT2D eigenvalue weighted by Crippen LogP contribution is -2.07. The SMILES string of the molecule is OCCNc1ccc(Cl)nn1. The molecule has 0 aliphatic heterocycles. The molecule has 0 aliphatic rings. The second-order valence-corrected chi connectivity index (χ2v) is 2.28. The van der Waals surface area contributed by atoms with Gasteiger partial charge in [0.25, 0.3) is 0 Å². The third-order valence-corrected chi connectivity index (χ3v) is 1.25. The smallest absolute Gasteiger partial charge is 0.151 e. The highest BCUT2D eigenvalue weighted by Crippen LogP contribution is 2.04. The summed E-state index contributed by atoms with van der Waals surface area (Å²) in [5.41, 5.74) is 0. The van der Waals surface area contributed by atoms with Crippen molar-refractivity contribution in [2.45, 2.75) is 0 Å². The van der Waals surface area contributed by atoms with Crippen LogP contribution in [0.5, 0.6) is 0 Å². The molecule has 0 aromatic carbocycles. The molecule has 4 nitrogen and oxygen atoms in total. The zero-order valence-electron chi connectivity index (χ0n) is 5.79. The fourth-order valence-electron chi connectivity index (χ4n) is 0.594. The van der Waals surface area contributed by atoms with Gasteiger partial charge in [0.1, 0.15) is 5.82 Å². The molecule has 60 valence electrons. The maximum atomic E-state index is 8.45. The number of aliphatic hydroxyl groups is 1. The minimum absolute atomic E-state index is 0.0737. The number of anilines is 1. The Morgan fingerprint density at radius 3 is 2.82 bits per heavy atom. The molecule has 0 bridgehead atoms. The molecule has 1 aromatic rings. The monoisotopic (exact) mass is 173 g/mol. The fourth-order valence-corrected chi connectivity index (χ4v) is 0.695. The van der Waals surface area contributed by atoms with Gasteiger partial charge in [-0.3, -0.25) is 0 Å². The molecule has 0 fully saturated rings. The number of halogens is 1. The van der Waals surface area contributed by atoms with E-state index in [-0.39, 0.29) is 6.61 Å². The van der Waals surface area contributed by atoms with Gasteiger partial charge in [0.05, 0.1) is 6.61 Å². The molecule has 0 unspecified atom stereocenters. The number of hydrogen-bond donors (Lipinski definition) is 2. The van der Waals surface area contributed by atoms with Gasteiger partial charge in [0.2, 0.25) is 0 Å². The average molecular weight is 174 g/mol. The third-order valence-electron chi connectivity index (χ3n) is 1.05. The first-order valence-electron chi connectivity index (χ1n) is 3.17. The van der Waals surface area contributed by atoms with E-state index in [0.29, 0.717) is 17.5 Å². The van der Waals surface area contributed by atoms with Crippen molar-refractivity contribution in [2.24, 2.45) is 0 Å². The molecule has 1 rings (SSSR count). The summed E-state index contributed by atoms with van der Waals surface area (Å²) in [6.45, 7) is 0.542. The zero-order valence-corrected chi connectivity index (χ0v) is 6.54. The van der Waals surface area contributed by atoms with Gasteiger partial charge < -0.3 is 10.4 Å². The Morgan fingerprint density at radius 1 is 1.45 bits per heavy atom. The molecule has 2 N–H and O–H groups in total. The van der Waals surface area contributed by atoms with Gasteiger partial charge in [0, 0.05) is 6.54 Å². The Bertz CT molecular complexity index is 214. The van der Waals surface area contributed by atoms with E-state index in [2.05, 4.69) is 15.5 Å². The van der Waals surface area contributed by atoms with Crippen molar-refractivity contribution >= 4 is 17.4 Å². The Kier molecular flexibility index (Phi) is 3.07. The topological polar surface area (TPSA) is 58.0 Å². The highest BCUT2D eigenvalue weighted by atomic mass is 35.5. The summed E-state index contributed by atoms with van der Waals surface area (Å²) in [5, 5.41) is 19.0. The molecule has 0 amide bonds. The number of hydrogen-bond acceptors (Lipinski definition) is 4. The van der Waals surface area contributed by atoms with Crippen LogP contribution in [-0.4, -0.2) is 28.5 Å². The van der Waals surface area contributed by atoms with E-state index in [1.807, 2.05) is 0 Å². The summed E-state index contributed by atoms with van der Waals surface area (Å²) in [6, 6.07) is 3.33. The van der Waals surface area contributed by atoms with Crippen LogP contribution in [0.1, 0.15) is 0 Å². The first-order valence-corrected chi connectivity index (χ1v) is 3.54. The quantitative estimate of drug-likeness (QED) is 0.701. The average Bonchev–Trinajstić information content (AvgIpc) is 2.04. The molecular formula is C6H8ClN3O. The van der Waals surface area contributed by atoms with E-state index >= 15 is 0 Å². The van der Waals surface area contributed by atoms with Crippen LogP contribution in [-0.2, 0) is 0 Å². The standard InChI is InChI=1S/C6H8ClN3O/c7-5-1-2-6(10-9-5)8-3-4-11/h1-2,11H,3-4H2,(H,8,10). The van der Waals surface area contributed by atoms with Crippen molar-refractivity contribution in [2.75, 3.05) is 18.5 Å². The molecule has 1 heterocycles. The second-order valence-electron chi connectivity index (χ2n) is 1.89. The molecular weight excluding hydrogens is 166 g/mol. The largest absolute Gasteiger partial charge is 0.395 e.